The van der Waals surface area contributed by atoms with Gasteiger partial charge in [-0.05, 0) is 24.3 Å². The number of benzene rings is 1. The molecule has 0 radical (unpaired) electrons. The van der Waals surface area contributed by atoms with E-state index in [0.29, 0.717) is 25.3 Å². The molecule has 1 aromatic carbocycles. The van der Waals surface area contributed by atoms with Crippen molar-refractivity contribution in [2.45, 2.75) is 17.9 Å². The van der Waals surface area contributed by atoms with E-state index in [1.807, 2.05) is 0 Å². The molecule has 1 aliphatic rings. The van der Waals surface area contributed by atoms with E-state index >= 15 is 0 Å². The molecule has 0 N–H and O–H groups in total. The zero-order valence-corrected chi connectivity index (χ0v) is 11.8. The van der Waals surface area contributed by atoms with Gasteiger partial charge in [0.1, 0.15) is 11.5 Å². The van der Waals surface area contributed by atoms with Gasteiger partial charge >= 0.3 is 0 Å². The van der Waals surface area contributed by atoms with E-state index in [0.717, 1.165) is 11.3 Å². The monoisotopic (exact) mass is 294 g/mol. The number of methoxy groups -OCH3 is 1. The Kier molecular flexibility index (Phi) is 3.23. The summed E-state index contributed by atoms with van der Waals surface area (Å²) in [4.78, 5) is 0.262. The number of rotatable bonds is 3. The van der Waals surface area contributed by atoms with Crippen molar-refractivity contribution in [2.75, 3.05) is 13.7 Å². The van der Waals surface area contributed by atoms with Crippen molar-refractivity contribution in [3.8, 4) is 5.75 Å². The van der Waals surface area contributed by atoms with Gasteiger partial charge in [0.2, 0.25) is 10.0 Å². The fraction of sp³-hybridized carbons (Fsp3) is 0.308. The van der Waals surface area contributed by atoms with Gasteiger partial charge in [-0.15, -0.1) is 0 Å². The maximum absolute atomic E-state index is 12.6. The van der Waals surface area contributed by atoms with Gasteiger partial charge in [0.15, 0.2) is 0 Å². The lowest BCUT2D eigenvalue weighted by molar-refractivity contribution is 0.331. The summed E-state index contributed by atoms with van der Waals surface area (Å²) in [5.41, 5.74) is 0.827. The molecule has 106 valence electrons. The summed E-state index contributed by atoms with van der Waals surface area (Å²) in [5.74, 6) is 1.40. The van der Waals surface area contributed by atoms with Crippen LogP contribution in [0.2, 0.25) is 0 Å². The summed E-state index contributed by atoms with van der Waals surface area (Å²) < 4.78 is 36.6. The van der Waals surface area contributed by atoms with Crippen LogP contribution in [0.1, 0.15) is 11.3 Å². The molecule has 0 saturated carbocycles. The van der Waals surface area contributed by atoms with Crippen molar-refractivity contribution in [3.05, 3.63) is 41.8 Å². The summed E-state index contributed by atoms with van der Waals surface area (Å²) in [6.07, 6.45) is 2.12. The van der Waals surface area contributed by atoms with Crippen molar-refractivity contribution in [1.29, 1.82) is 0 Å². The van der Waals surface area contributed by atoms with Crippen molar-refractivity contribution < 1.29 is 17.7 Å². The number of sulfonamides is 1. The molecule has 0 saturated heterocycles. The second-order valence-corrected chi connectivity index (χ2v) is 6.48. The van der Waals surface area contributed by atoms with Crippen LogP contribution in [-0.2, 0) is 23.0 Å². The molecule has 0 bridgehead atoms. The first-order valence-electron chi connectivity index (χ1n) is 6.18. The van der Waals surface area contributed by atoms with Crippen LogP contribution in [0.3, 0.4) is 0 Å². The predicted molar refractivity (Wildman–Crippen MR) is 70.8 cm³/mol. The maximum atomic E-state index is 12.6. The second kappa shape index (κ2) is 4.92. The lowest BCUT2D eigenvalue weighted by Gasteiger charge is -2.24. The minimum atomic E-state index is -3.50. The lowest BCUT2D eigenvalue weighted by atomic mass is 10.1. The maximum Gasteiger partial charge on any atom is 0.243 e. The highest BCUT2D eigenvalue weighted by Crippen LogP contribution is 2.25. The number of ether oxygens (including phenoxy) is 1. The summed E-state index contributed by atoms with van der Waals surface area (Å²) in [5, 5.41) is 3.70. The third kappa shape index (κ3) is 2.19. The molecular formula is C13H14N2O4S. The summed E-state index contributed by atoms with van der Waals surface area (Å²) >= 11 is 0. The molecule has 20 heavy (non-hydrogen) atoms. The fourth-order valence-electron chi connectivity index (χ4n) is 2.22. The molecule has 0 spiro atoms. The van der Waals surface area contributed by atoms with Crippen LogP contribution in [0.15, 0.2) is 39.9 Å². The SMILES string of the molecule is COc1ccc(S(=O)(=O)N2CCc3oncc3C2)cc1. The average molecular weight is 294 g/mol. The zero-order chi connectivity index (χ0) is 14.2. The molecule has 1 aliphatic heterocycles. The molecule has 0 aliphatic carbocycles. The van der Waals surface area contributed by atoms with Gasteiger partial charge in [0, 0.05) is 25.1 Å². The van der Waals surface area contributed by atoms with Crippen molar-refractivity contribution in [1.82, 2.24) is 9.46 Å². The van der Waals surface area contributed by atoms with Crippen LogP contribution in [-0.4, -0.2) is 31.5 Å². The molecule has 2 heterocycles. The van der Waals surface area contributed by atoms with E-state index in [9.17, 15) is 8.42 Å². The minimum Gasteiger partial charge on any atom is -0.497 e. The molecule has 0 fully saturated rings. The van der Waals surface area contributed by atoms with E-state index in [1.54, 1.807) is 37.6 Å². The van der Waals surface area contributed by atoms with E-state index < -0.39 is 10.0 Å². The Morgan fingerprint density at radius 3 is 2.75 bits per heavy atom. The van der Waals surface area contributed by atoms with Gasteiger partial charge in [0.05, 0.1) is 18.2 Å². The van der Waals surface area contributed by atoms with Gasteiger partial charge in [-0.25, -0.2) is 8.42 Å². The number of aromatic nitrogens is 1. The molecule has 0 amide bonds. The summed E-state index contributed by atoms with van der Waals surface area (Å²) in [6.45, 7) is 0.698. The number of fused-ring (bicyclic) bond motifs is 1. The largest absolute Gasteiger partial charge is 0.497 e. The third-order valence-corrected chi connectivity index (χ3v) is 5.22. The lowest BCUT2D eigenvalue weighted by Crippen LogP contribution is -2.35. The van der Waals surface area contributed by atoms with Gasteiger partial charge in [-0.3, -0.25) is 0 Å². The highest BCUT2D eigenvalue weighted by Gasteiger charge is 2.30. The number of hydrogen-bond donors (Lipinski definition) is 0. The molecular weight excluding hydrogens is 280 g/mol. The quantitative estimate of drug-likeness (QED) is 0.856. The normalized spacial score (nSPS) is 15.8. The Morgan fingerprint density at radius 1 is 1.30 bits per heavy atom. The van der Waals surface area contributed by atoms with Crippen LogP contribution in [0, 0.1) is 0 Å². The highest BCUT2D eigenvalue weighted by molar-refractivity contribution is 7.89. The first-order valence-corrected chi connectivity index (χ1v) is 7.62. The Balaban J connectivity index is 1.88. The molecule has 1 aromatic heterocycles. The number of nitrogens with zero attached hydrogens (tertiary/aromatic N) is 2. The molecule has 2 aromatic rings. The molecule has 7 heteroatoms. The van der Waals surface area contributed by atoms with Gasteiger partial charge in [0.25, 0.3) is 0 Å². The molecule has 3 rings (SSSR count). The first-order chi connectivity index (χ1) is 9.61. The van der Waals surface area contributed by atoms with Crippen molar-refractivity contribution >= 4 is 10.0 Å². The van der Waals surface area contributed by atoms with Crippen molar-refractivity contribution in [2.24, 2.45) is 0 Å². The Labute approximate surface area is 117 Å². The van der Waals surface area contributed by atoms with E-state index in [2.05, 4.69) is 5.16 Å². The van der Waals surface area contributed by atoms with E-state index in [1.165, 1.54) is 4.31 Å². The van der Waals surface area contributed by atoms with Gasteiger partial charge in [-0.2, -0.15) is 4.31 Å². The molecule has 6 nitrogen and oxygen atoms in total. The fourth-order valence-corrected chi connectivity index (χ4v) is 3.64. The first kappa shape index (κ1) is 13.1. The Hall–Kier alpha value is -1.86. The zero-order valence-electron chi connectivity index (χ0n) is 10.9. The van der Waals surface area contributed by atoms with E-state index in [4.69, 9.17) is 9.26 Å². The Morgan fingerprint density at radius 2 is 2.05 bits per heavy atom. The van der Waals surface area contributed by atoms with Crippen LogP contribution < -0.4 is 4.74 Å². The highest BCUT2D eigenvalue weighted by atomic mass is 32.2. The average Bonchev–Trinajstić information content (AvgIpc) is 2.94. The minimum absolute atomic E-state index is 0.262. The van der Waals surface area contributed by atoms with Crippen LogP contribution >= 0.6 is 0 Å². The Bertz CT molecular complexity index is 706. The topological polar surface area (TPSA) is 72.6 Å². The van der Waals surface area contributed by atoms with E-state index in [-0.39, 0.29) is 4.90 Å². The standard InChI is InChI=1S/C13H14N2O4S/c1-18-11-2-4-12(5-3-11)20(16,17)15-7-6-13-10(9-15)8-14-19-13/h2-5,8H,6-7,9H2,1H3. The van der Waals surface area contributed by atoms with Gasteiger partial charge < -0.3 is 9.26 Å². The van der Waals surface area contributed by atoms with Crippen molar-refractivity contribution in [3.63, 3.8) is 0 Å². The molecule has 0 unspecified atom stereocenters. The smallest absolute Gasteiger partial charge is 0.243 e. The van der Waals surface area contributed by atoms with Crippen LogP contribution in [0.25, 0.3) is 0 Å². The van der Waals surface area contributed by atoms with Crippen LogP contribution in [0.5, 0.6) is 5.75 Å². The van der Waals surface area contributed by atoms with Crippen LogP contribution in [0.4, 0.5) is 0 Å². The van der Waals surface area contributed by atoms with Gasteiger partial charge in [-0.1, -0.05) is 5.16 Å². The number of hydrogen-bond acceptors (Lipinski definition) is 5. The summed E-state index contributed by atoms with van der Waals surface area (Å²) in [6, 6.07) is 6.39. The molecule has 0 atom stereocenters. The predicted octanol–water partition coefficient (Wildman–Crippen LogP) is 1.43. The second-order valence-electron chi connectivity index (χ2n) is 4.54. The summed E-state index contributed by atoms with van der Waals surface area (Å²) in [7, 11) is -1.96. The third-order valence-electron chi connectivity index (χ3n) is 3.36.